The van der Waals surface area contributed by atoms with E-state index in [0.717, 1.165) is 4.31 Å². The van der Waals surface area contributed by atoms with E-state index in [0.29, 0.717) is 5.56 Å². The lowest BCUT2D eigenvalue weighted by Gasteiger charge is -2.21. The van der Waals surface area contributed by atoms with Crippen LogP contribution in [0.15, 0.2) is 59.5 Å². The van der Waals surface area contributed by atoms with E-state index < -0.39 is 28.0 Å². The largest absolute Gasteiger partial charge is 0.444 e. The third-order valence-corrected chi connectivity index (χ3v) is 5.65. The molecule has 27 heavy (non-hydrogen) atoms. The quantitative estimate of drug-likeness (QED) is 0.704. The molecule has 0 heterocycles. The van der Waals surface area contributed by atoms with Gasteiger partial charge in [0.1, 0.15) is 0 Å². The van der Waals surface area contributed by atoms with Crippen molar-refractivity contribution in [2.75, 3.05) is 28.2 Å². The summed E-state index contributed by atoms with van der Waals surface area (Å²) < 4.78 is 31.0. The lowest BCUT2D eigenvalue weighted by Crippen LogP contribution is -2.31. The average Bonchev–Trinajstić information content (AvgIpc) is 2.65. The Morgan fingerprint density at radius 1 is 0.926 bits per heavy atom. The summed E-state index contributed by atoms with van der Waals surface area (Å²) in [7, 11) is 2.25. The highest BCUT2D eigenvalue weighted by atomic mass is 32.2. The number of hydrogen-bond donors (Lipinski definition) is 0. The van der Waals surface area contributed by atoms with Crippen LogP contribution in [0, 0.1) is 0 Å². The molecule has 0 aliphatic rings. The molecule has 2 rings (SSSR count). The van der Waals surface area contributed by atoms with Crippen molar-refractivity contribution in [1.29, 1.82) is 0 Å². The number of hydrogen-bond acceptors (Lipinski definition) is 5. The van der Waals surface area contributed by atoms with Crippen LogP contribution in [0.5, 0.6) is 0 Å². The first-order valence-electron chi connectivity index (χ1n) is 8.14. The average molecular weight is 390 g/mol. The van der Waals surface area contributed by atoms with Crippen molar-refractivity contribution in [3.8, 4) is 0 Å². The Morgan fingerprint density at radius 3 is 2.11 bits per heavy atom. The zero-order valence-electron chi connectivity index (χ0n) is 15.6. The Labute approximate surface area is 159 Å². The van der Waals surface area contributed by atoms with Crippen LogP contribution in [0.3, 0.4) is 0 Å². The Balaban J connectivity index is 2.35. The molecule has 2 aromatic rings. The smallest absolute Gasteiger partial charge is 0.339 e. The van der Waals surface area contributed by atoms with Crippen LogP contribution in [0.25, 0.3) is 0 Å². The zero-order chi connectivity index (χ0) is 20.2. The molecule has 1 amide bonds. The van der Waals surface area contributed by atoms with Crippen molar-refractivity contribution in [1.82, 2.24) is 9.21 Å². The van der Waals surface area contributed by atoms with Crippen LogP contribution >= 0.6 is 0 Å². The van der Waals surface area contributed by atoms with Crippen molar-refractivity contribution >= 4 is 21.9 Å². The van der Waals surface area contributed by atoms with Crippen LogP contribution in [0.4, 0.5) is 0 Å². The van der Waals surface area contributed by atoms with E-state index in [1.165, 1.54) is 43.3 Å². The molecule has 0 saturated heterocycles. The monoisotopic (exact) mass is 390 g/mol. The summed E-state index contributed by atoms with van der Waals surface area (Å²) in [5, 5.41) is 0. The van der Waals surface area contributed by atoms with Gasteiger partial charge in [0.05, 0.1) is 10.5 Å². The van der Waals surface area contributed by atoms with Gasteiger partial charge in [-0.05, 0) is 18.2 Å². The molecule has 144 valence electrons. The standard InChI is InChI=1S/C19H22N2O5S/c1-20(2)18(22)17(14-9-6-5-7-10-14)26-19(23)15-11-8-12-16(13-15)27(24,25)21(3)4/h5-13,17H,1-4H3/t17-/m0/s1. The molecule has 0 radical (unpaired) electrons. The summed E-state index contributed by atoms with van der Waals surface area (Å²) in [4.78, 5) is 26.4. The second-order valence-electron chi connectivity index (χ2n) is 6.24. The number of ether oxygens (including phenoxy) is 1. The molecule has 0 saturated carbocycles. The molecule has 0 aliphatic heterocycles. The number of sulfonamides is 1. The maximum absolute atomic E-state index is 12.6. The van der Waals surface area contributed by atoms with Gasteiger partial charge >= 0.3 is 5.97 Å². The predicted octanol–water partition coefficient (Wildman–Crippen LogP) is 1.92. The highest BCUT2D eigenvalue weighted by molar-refractivity contribution is 7.89. The summed E-state index contributed by atoms with van der Waals surface area (Å²) in [6.45, 7) is 0. The highest BCUT2D eigenvalue weighted by Gasteiger charge is 2.27. The Kier molecular flexibility index (Phi) is 6.35. The highest BCUT2D eigenvalue weighted by Crippen LogP contribution is 2.22. The molecule has 1 atom stereocenters. The molecule has 0 spiro atoms. The van der Waals surface area contributed by atoms with Crippen LogP contribution < -0.4 is 0 Å². The summed E-state index contributed by atoms with van der Waals surface area (Å²) in [6, 6.07) is 14.2. The van der Waals surface area contributed by atoms with Gasteiger partial charge in [-0.25, -0.2) is 17.5 Å². The second kappa shape index (κ2) is 8.32. The van der Waals surface area contributed by atoms with E-state index in [1.54, 1.807) is 44.4 Å². The first kappa shape index (κ1) is 20.6. The molecule has 8 heteroatoms. The van der Waals surface area contributed by atoms with Gasteiger partial charge < -0.3 is 9.64 Å². The molecule has 0 unspecified atom stereocenters. The Hall–Kier alpha value is -2.71. The van der Waals surface area contributed by atoms with Gasteiger partial charge in [0, 0.05) is 33.8 Å². The molecule has 0 N–H and O–H groups in total. The molecule has 0 fully saturated rings. The number of amides is 1. The number of rotatable bonds is 6. The maximum Gasteiger partial charge on any atom is 0.339 e. The van der Waals surface area contributed by atoms with Crippen molar-refractivity contribution in [2.45, 2.75) is 11.0 Å². The number of esters is 1. The van der Waals surface area contributed by atoms with E-state index in [9.17, 15) is 18.0 Å². The van der Waals surface area contributed by atoms with Crippen molar-refractivity contribution < 1.29 is 22.7 Å². The van der Waals surface area contributed by atoms with E-state index >= 15 is 0 Å². The fourth-order valence-electron chi connectivity index (χ4n) is 2.29. The number of benzene rings is 2. The first-order valence-corrected chi connectivity index (χ1v) is 9.58. The van der Waals surface area contributed by atoms with Crippen LogP contribution in [-0.4, -0.2) is 57.7 Å². The molecular weight excluding hydrogens is 368 g/mol. The number of nitrogens with zero attached hydrogens (tertiary/aromatic N) is 2. The second-order valence-corrected chi connectivity index (χ2v) is 8.40. The lowest BCUT2D eigenvalue weighted by molar-refractivity contribution is -0.138. The van der Waals surface area contributed by atoms with E-state index in [4.69, 9.17) is 4.74 Å². The van der Waals surface area contributed by atoms with Crippen LogP contribution in [0.1, 0.15) is 22.0 Å². The minimum atomic E-state index is -3.69. The van der Waals surface area contributed by atoms with E-state index in [2.05, 4.69) is 0 Å². The van der Waals surface area contributed by atoms with Gasteiger partial charge in [0.25, 0.3) is 5.91 Å². The van der Waals surface area contributed by atoms with E-state index in [1.807, 2.05) is 0 Å². The fraction of sp³-hybridized carbons (Fsp3) is 0.263. The molecule has 0 bridgehead atoms. The fourth-order valence-corrected chi connectivity index (χ4v) is 3.24. The van der Waals surface area contributed by atoms with Gasteiger partial charge in [-0.2, -0.15) is 0 Å². The van der Waals surface area contributed by atoms with Crippen LogP contribution in [-0.2, 0) is 19.6 Å². The van der Waals surface area contributed by atoms with Gasteiger partial charge in [0.15, 0.2) is 0 Å². The zero-order valence-corrected chi connectivity index (χ0v) is 16.4. The summed E-state index contributed by atoms with van der Waals surface area (Å²) in [6.07, 6.45) is -1.12. The molecule has 2 aromatic carbocycles. The number of carbonyl (C=O) groups is 2. The Bertz CT molecular complexity index is 924. The minimum Gasteiger partial charge on any atom is -0.444 e. The van der Waals surface area contributed by atoms with Crippen molar-refractivity contribution in [3.63, 3.8) is 0 Å². The SMILES string of the molecule is CN(C)C(=O)[C@@H](OC(=O)c1cccc(S(=O)(=O)N(C)C)c1)c1ccccc1. The van der Waals surface area contributed by atoms with Crippen LogP contribution in [0.2, 0.25) is 0 Å². The molecule has 7 nitrogen and oxygen atoms in total. The minimum absolute atomic E-state index is 0.0304. The number of likely N-dealkylation sites (N-methyl/N-ethyl adjacent to an activating group) is 1. The first-order chi connectivity index (χ1) is 12.6. The van der Waals surface area contributed by atoms with Crippen molar-refractivity contribution in [3.05, 3.63) is 65.7 Å². The summed E-state index contributed by atoms with van der Waals surface area (Å²) in [5.41, 5.74) is 0.576. The third-order valence-electron chi connectivity index (χ3n) is 3.84. The van der Waals surface area contributed by atoms with Gasteiger partial charge in [-0.3, -0.25) is 4.79 Å². The Morgan fingerprint density at radius 2 is 1.56 bits per heavy atom. The lowest BCUT2D eigenvalue weighted by atomic mass is 10.1. The molecular formula is C19H22N2O5S. The summed E-state index contributed by atoms with van der Waals surface area (Å²) in [5.74, 6) is -1.18. The summed E-state index contributed by atoms with van der Waals surface area (Å²) >= 11 is 0. The topological polar surface area (TPSA) is 84.0 Å². The maximum atomic E-state index is 12.6. The normalized spacial score (nSPS) is 12.5. The number of carbonyl (C=O) groups excluding carboxylic acids is 2. The molecule has 0 aliphatic carbocycles. The third kappa shape index (κ3) is 4.72. The van der Waals surface area contributed by atoms with E-state index in [-0.39, 0.29) is 10.5 Å². The molecule has 0 aromatic heterocycles. The van der Waals surface area contributed by atoms with Gasteiger partial charge in [0.2, 0.25) is 16.1 Å². The van der Waals surface area contributed by atoms with Gasteiger partial charge in [-0.15, -0.1) is 0 Å². The predicted molar refractivity (Wildman–Crippen MR) is 101 cm³/mol. The van der Waals surface area contributed by atoms with Gasteiger partial charge in [-0.1, -0.05) is 36.4 Å². The van der Waals surface area contributed by atoms with Crippen molar-refractivity contribution in [2.24, 2.45) is 0 Å².